The first-order valence-electron chi connectivity index (χ1n) is 6.31. The number of aryl methyl sites for hydroxylation is 2. The van der Waals surface area contributed by atoms with E-state index in [4.69, 9.17) is 4.74 Å². The van der Waals surface area contributed by atoms with Crippen LogP contribution in [0, 0.1) is 31.1 Å². The Morgan fingerprint density at radius 3 is 2.22 bits per heavy atom. The monoisotopic (exact) mass is 246 g/mol. The molecule has 3 heteroatoms. The number of rotatable bonds is 5. The Balaban J connectivity index is 3.20. The second-order valence-electron chi connectivity index (χ2n) is 4.60. The van der Waals surface area contributed by atoms with Crippen molar-refractivity contribution in [3.05, 3.63) is 28.8 Å². The van der Waals surface area contributed by atoms with E-state index in [-0.39, 0.29) is 12.0 Å². The molecule has 0 fully saturated rings. The van der Waals surface area contributed by atoms with E-state index in [0.717, 1.165) is 28.9 Å². The summed E-state index contributed by atoms with van der Waals surface area (Å²) in [5, 5.41) is 12.5. The summed E-state index contributed by atoms with van der Waals surface area (Å²) in [6, 6.07) is 6.66. The molecule has 1 rings (SSSR count). The molecule has 1 N–H and O–H groups in total. The van der Waals surface area contributed by atoms with Crippen molar-refractivity contribution in [1.29, 1.82) is 5.26 Å². The maximum atomic E-state index is 9.21. The zero-order chi connectivity index (χ0) is 13.7. The van der Waals surface area contributed by atoms with Gasteiger partial charge >= 0.3 is 0 Å². The molecule has 0 spiro atoms. The first-order valence-corrected chi connectivity index (χ1v) is 6.31. The van der Waals surface area contributed by atoms with Crippen molar-refractivity contribution in [2.24, 2.45) is 5.92 Å². The van der Waals surface area contributed by atoms with E-state index >= 15 is 0 Å². The highest BCUT2D eigenvalue weighted by Crippen LogP contribution is 2.30. The van der Waals surface area contributed by atoms with Crippen LogP contribution in [0.1, 0.15) is 36.1 Å². The minimum atomic E-state index is -0.0119. The number of nitrogens with one attached hydrogen (secondary N) is 1. The first-order chi connectivity index (χ1) is 8.58. The van der Waals surface area contributed by atoms with Crippen molar-refractivity contribution in [3.63, 3.8) is 0 Å². The fourth-order valence-electron chi connectivity index (χ4n) is 2.49. The predicted octanol–water partition coefficient (Wildman–Crippen LogP) is 3.12. The molecule has 0 saturated heterocycles. The van der Waals surface area contributed by atoms with E-state index in [1.165, 1.54) is 0 Å². The van der Waals surface area contributed by atoms with Crippen LogP contribution < -0.4 is 10.1 Å². The van der Waals surface area contributed by atoms with Crippen LogP contribution in [0.4, 0.5) is 0 Å². The molecule has 98 valence electrons. The van der Waals surface area contributed by atoms with Gasteiger partial charge < -0.3 is 10.1 Å². The molecule has 0 aromatic heterocycles. The molecule has 3 nitrogen and oxygen atoms in total. The average molecular weight is 246 g/mol. The van der Waals surface area contributed by atoms with Crippen molar-refractivity contribution >= 4 is 0 Å². The molecule has 0 aliphatic carbocycles. The van der Waals surface area contributed by atoms with E-state index in [2.05, 4.69) is 23.5 Å². The van der Waals surface area contributed by atoms with Crippen LogP contribution in [0.15, 0.2) is 12.1 Å². The third-order valence-electron chi connectivity index (χ3n) is 3.36. The lowest BCUT2D eigenvalue weighted by atomic mass is 9.90. The van der Waals surface area contributed by atoms with Crippen molar-refractivity contribution in [2.75, 3.05) is 14.2 Å². The molecule has 0 saturated carbocycles. The Morgan fingerprint density at radius 1 is 1.33 bits per heavy atom. The minimum absolute atomic E-state index is 0.0119. The summed E-state index contributed by atoms with van der Waals surface area (Å²) in [6.07, 6.45) is 0.839. The molecular formula is C15H22N2O. The Hall–Kier alpha value is -1.53. The number of methoxy groups -OCH3 is 1. The normalized spacial score (nSPS) is 13.8. The van der Waals surface area contributed by atoms with Crippen molar-refractivity contribution in [2.45, 2.75) is 33.2 Å². The third kappa shape index (κ3) is 2.83. The molecule has 18 heavy (non-hydrogen) atoms. The fourth-order valence-corrected chi connectivity index (χ4v) is 2.49. The molecule has 1 aromatic rings. The highest BCUT2D eigenvalue weighted by molar-refractivity contribution is 5.44. The molecule has 0 amide bonds. The van der Waals surface area contributed by atoms with E-state index in [1.54, 1.807) is 7.11 Å². The molecule has 0 aliphatic rings. The van der Waals surface area contributed by atoms with Gasteiger partial charge in [0.25, 0.3) is 0 Å². The Morgan fingerprint density at radius 2 is 1.89 bits per heavy atom. The number of nitrogens with zero attached hydrogens (tertiary/aromatic N) is 1. The lowest BCUT2D eigenvalue weighted by Gasteiger charge is -2.22. The summed E-state index contributed by atoms with van der Waals surface area (Å²) < 4.78 is 5.37. The molecule has 1 aromatic carbocycles. The zero-order valence-electron chi connectivity index (χ0n) is 11.9. The van der Waals surface area contributed by atoms with Gasteiger partial charge in [-0.15, -0.1) is 0 Å². The standard InChI is InChI=1S/C15H22N2O/c1-6-12(9-16)14(17-4)13-7-10(2)15(18-5)11(3)8-13/h7-8,12,14,17H,6H2,1-5H3. The maximum absolute atomic E-state index is 9.21. The van der Waals surface area contributed by atoms with Crippen molar-refractivity contribution < 1.29 is 4.74 Å². The molecule has 0 heterocycles. The van der Waals surface area contributed by atoms with Gasteiger partial charge in [0, 0.05) is 6.04 Å². The van der Waals surface area contributed by atoms with Crippen LogP contribution in [0.2, 0.25) is 0 Å². The summed E-state index contributed by atoms with van der Waals surface area (Å²) >= 11 is 0. The van der Waals surface area contributed by atoms with Crippen LogP contribution >= 0.6 is 0 Å². The van der Waals surface area contributed by atoms with Crippen LogP contribution in [-0.2, 0) is 0 Å². The smallest absolute Gasteiger partial charge is 0.124 e. The summed E-state index contributed by atoms with van der Waals surface area (Å²) in [7, 11) is 3.59. The second-order valence-corrected chi connectivity index (χ2v) is 4.60. The molecule has 2 atom stereocenters. The van der Waals surface area contributed by atoms with Gasteiger partial charge in [-0.2, -0.15) is 5.26 Å². The summed E-state index contributed by atoms with van der Waals surface area (Å²) in [4.78, 5) is 0. The average Bonchev–Trinajstić information content (AvgIpc) is 2.35. The van der Waals surface area contributed by atoms with Gasteiger partial charge in [-0.3, -0.25) is 0 Å². The van der Waals surface area contributed by atoms with E-state index in [0.29, 0.717) is 0 Å². The molecule has 2 unspecified atom stereocenters. The largest absolute Gasteiger partial charge is 0.496 e. The topological polar surface area (TPSA) is 45.0 Å². The summed E-state index contributed by atoms with van der Waals surface area (Å²) in [5.41, 5.74) is 3.38. The van der Waals surface area contributed by atoms with Crippen LogP contribution in [0.3, 0.4) is 0 Å². The zero-order valence-corrected chi connectivity index (χ0v) is 11.9. The van der Waals surface area contributed by atoms with E-state index in [9.17, 15) is 5.26 Å². The number of hydrogen-bond donors (Lipinski definition) is 1. The summed E-state index contributed by atoms with van der Waals surface area (Å²) in [6.45, 7) is 6.12. The molecule has 0 aliphatic heterocycles. The van der Waals surface area contributed by atoms with Crippen LogP contribution in [0.5, 0.6) is 5.75 Å². The first kappa shape index (κ1) is 14.5. The quantitative estimate of drug-likeness (QED) is 0.868. The second kappa shape index (κ2) is 6.42. The number of hydrogen-bond acceptors (Lipinski definition) is 3. The predicted molar refractivity (Wildman–Crippen MR) is 73.7 cm³/mol. The van der Waals surface area contributed by atoms with Crippen molar-refractivity contribution in [3.8, 4) is 11.8 Å². The van der Waals surface area contributed by atoms with Gasteiger partial charge in [-0.25, -0.2) is 0 Å². The maximum Gasteiger partial charge on any atom is 0.124 e. The summed E-state index contributed by atoms with van der Waals surface area (Å²) in [5.74, 6) is 0.917. The molecular weight excluding hydrogens is 224 g/mol. The highest BCUT2D eigenvalue weighted by Gasteiger charge is 2.21. The van der Waals surface area contributed by atoms with Gasteiger partial charge in [0.1, 0.15) is 5.75 Å². The van der Waals surface area contributed by atoms with Gasteiger partial charge in [-0.1, -0.05) is 19.1 Å². The number of nitriles is 1. The lowest BCUT2D eigenvalue weighted by molar-refractivity contribution is 0.406. The third-order valence-corrected chi connectivity index (χ3v) is 3.36. The van der Waals surface area contributed by atoms with Crippen molar-refractivity contribution in [1.82, 2.24) is 5.32 Å². The van der Waals surface area contributed by atoms with Crippen LogP contribution in [0.25, 0.3) is 0 Å². The Labute approximate surface area is 110 Å². The minimum Gasteiger partial charge on any atom is -0.496 e. The van der Waals surface area contributed by atoms with E-state index in [1.807, 2.05) is 27.8 Å². The number of ether oxygens (including phenoxy) is 1. The van der Waals surface area contributed by atoms with E-state index < -0.39 is 0 Å². The van der Waals surface area contributed by atoms with Gasteiger partial charge in [0.15, 0.2) is 0 Å². The van der Waals surface area contributed by atoms with Gasteiger partial charge in [0.05, 0.1) is 19.1 Å². The fraction of sp³-hybridized carbons (Fsp3) is 0.533. The lowest BCUT2D eigenvalue weighted by Crippen LogP contribution is -2.24. The SMILES string of the molecule is CCC(C#N)C(NC)c1cc(C)c(OC)c(C)c1. The highest BCUT2D eigenvalue weighted by atomic mass is 16.5. The number of benzene rings is 1. The van der Waals surface area contributed by atoms with Crippen LogP contribution in [-0.4, -0.2) is 14.2 Å². The van der Waals surface area contributed by atoms with Gasteiger partial charge in [0.2, 0.25) is 0 Å². The van der Waals surface area contributed by atoms with Gasteiger partial charge in [-0.05, 0) is 44.0 Å². The Kier molecular flexibility index (Phi) is 5.18. The molecule has 0 radical (unpaired) electrons. The molecule has 0 bridgehead atoms. The Bertz CT molecular complexity index is 425.